The van der Waals surface area contributed by atoms with Crippen LogP contribution in [0.3, 0.4) is 0 Å². The van der Waals surface area contributed by atoms with Crippen molar-refractivity contribution in [3.05, 3.63) is 21.3 Å². The largest absolute Gasteiger partial charge is 0.306 e. The minimum atomic E-state index is -0.453. The van der Waals surface area contributed by atoms with E-state index in [2.05, 4.69) is 5.32 Å². The van der Waals surface area contributed by atoms with Gasteiger partial charge in [0.25, 0.3) is 0 Å². The predicted octanol–water partition coefficient (Wildman–Crippen LogP) is 2.90. The van der Waals surface area contributed by atoms with Crippen LogP contribution in [0.15, 0.2) is 12.1 Å². The summed E-state index contributed by atoms with van der Waals surface area (Å²) in [5, 5.41) is 3.17. The number of Topliss-reactive ketones (excluding diaryl/α,β-unsaturated/α-hetero) is 1. The van der Waals surface area contributed by atoms with Gasteiger partial charge in [0, 0.05) is 11.3 Å². The molecule has 0 bridgehead atoms. The minimum absolute atomic E-state index is 0.197. The number of carbonyl (C=O) groups is 1. The van der Waals surface area contributed by atoms with Crippen molar-refractivity contribution in [1.82, 2.24) is 5.32 Å². The van der Waals surface area contributed by atoms with Crippen molar-refractivity contribution in [3.63, 3.8) is 0 Å². The molecular weight excluding hydrogens is 230 g/mol. The van der Waals surface area contributed by atoms with Crippen LogP contribution in [-0.2, 0) is 11.2 Å². The molecule has 0 unspecified atom stereocenters. The third-order valence-electron chi connectivity index (χ3n) is 2.28. The predicted molar refractivity (Wildman–Crippen MR) is 65.8 cm³/mol. The molecule has 84 valence electrons. The van der Waals surface area contributed by atoms with Crippen molar-refractivity contribution in [2.45, 2.75) is 32.7 Å². The van der Waals surface area contributed by atoms with E-state index >= 15 is 0 Å². The lowest BCUT2D eigenvalue weighted by atomic mass is 9.96. The number of rotatable bonds is 5. The summed E-state index contributed by atoms with van der Waals surface area (Å²) in [5.41, 5.74) is -0.453. The zero-order valence-corrected chi connectivity index (χ0v) is 10.8. The van der Waals surface area contributed by atoms with Gasteiger partial charge in [0.15, 0.2) is 5.78 Å². The molecule has 0 saturated carbocycles. The molecule has 0 radical (unpaired) electrons. The molecule has 2 nitrogen and oxygen atoms in total. The molecule has 1 rings (SSSR count). The van der Waals surface area contributed by atoms with Crippen molar-refractivity contribution in [3.8, 4) is 0 Å². The highest BCUT2D eigenvalue weighted by Gasteiger charge is 2.26. The summed E-state index contributed by atoms with van der Waals surface area (Å²) < 4.78 is 0.735. The molecule has 0 saturated heterocycles. The van der Waals surface area contributed by atoms with Crippen molar-refractivity contribution >= 4 is 28.7 Å². The Bertz CT molecular complexity index is 346. The maximum Gasteiger partial charge on any atom is 0.157 e. The fraction of sp³-hybridized carbons (Fsp3) is 0.545. The van der Waals surface area contributed by atoms with E-state index in [1.807, 2.05) is 32.9 Å². The number of halogens is 1. The average molecular weight is 246 g/mol. The van der Waals surface area contributed by atoms with E-state index in [-0.39, 0.29) is 5.78 Å². The van der Waals surface area contributed by atoms with E-state index in [4.69, 9.17) is 11.6 Å². The highest BCUT2D eigenvalue weighted by Crippen LogP contribution is 2.23. The van der Waals surface area contributed by atoms with Gasteiger partial charge in [-0.05, 0) is 32.5 Å². The van der Waals surface area contributed by atoms with E-state index in [0.717, 1.165) is 15.8 Å². The van der Waals surface area contributed by atoms with Crippen LogP contribution in [0.2, 0.25) is 4.34 Å². The third-order valence-corrected chi connectivity index (χ3v) is 3.51. The van der Waals surface area contributed by atoms with Crippen LogP contribution in [0.1, 0.15) is 25.6 Å². The molecule has 0 aliphatic carbocycles. The van der Waals surface area contributed by atoms with Gasteiger partial charge in [0.2, 0.25) is 0 Å². The monoisotopic (exact) mass is 245 g/mol. The Kier molecular flexibility index (Phi) is 4.32. The first-order chi connectivity index (χ1) is 6.95. The summed E-state index contributed by atoms with van der Waals surface area (Å²) >= 11 is 7.28. The molecule has 0 aliphatic heterocycles. The summed E-state index contributed by atoms with van der Waals surface area (Å²) in [6.07, 6.45) is 0.456. The minimum Gasteiger partial charge on any atom is -0.306 e. The van der Waals surface area contributed by atoms with E-state index in [9.17, 15) is 4.79 Å². The maximum atomic E-state index is 11.9. The Morgan fingerprint density at radius 1 is 1.53 bits per heavy atom. The lowest BCUT2D eigenvalue weighted by Gasteiger charge is -2.23. The Balaban J connectivity index is 2.63. The van der Waals surface area contributed by atoms with Crippen LogP contribution in [0.25, 0.3) is 0 Å². The highest BCUT2D eigenvalue weighted by molar-refractivity contribution is 7.16. The molecule has 0 spiro atoms. The van der Waals surface area contributed by atoms with Gasteiger partial charge < -0.3 is 5.32 Å². The summed E-state index contributed by atoms with van der Waals surface area (Å²) in [4.78, 5) is 13.0. The standard InChI is InChI=1S/C11H16ClNOS/c1-4-13-11(2,3)9(14)7-8-5-6-10(12)15-8/h5-6,13H,4,7H2,1-3H3. The molecule has 15 heavy (non-hydrogen) atoms. The van der Waals surface area contributed by atoms with Gasteiger partial charge in [-0.15, -0.1) is 11.3 Å². The van der Waals surface area contributed by atoms with Gasteiger partial charge in [-0.1, -0.05) is 18.5 Å². The second kappa shape index (κ2) is 5.10. The summed E-state index contributed by atoms with van der Waals surface area (Å²) in [5.74, 6) is 0.197. The molecule has 1 N–H and O–H groups in total. The normalized spacial score (nSPS) is 11.7. The smallest absolute Gasteiger partial charge is 0.157 e. The molecule has 0 fully saturated rings. The topological polar surface area (TPSA) is 29.1 Å². The number of ketones is 1. The van der Waals surface area contributed by atoms with E-state index in [0.29, 0.717) is 6.42 Å². The first-order valence-corrected chi connectivity index (χ1v) is 6.17. The number of hydrogen-bond acceptors (Lipinski definition) is 3. The Morgan fingerprint density at radius 3 is 2.67 bits per heavy atom. The van der Waals surface area contributed by atoms with Gasteiger partial charge >= 0.3 is 0 Å². The molecule has 0 atom stereocenters. The lowest BCUT2D eigenvalue weighted by Crippen LogP contribution is -2.47. The van der Waals surface area contributed by atoms with Crippen LogP contribution < -0.4 is 5.32 Å². The van der Waals surface area contributed by atoms with Crippen LogP contribution in [0.5, 0.6) is 0 Å². The van der Waals surface area contributed by atoms with Crippen molar-refractivity contribution in [1.29, 1.82) is 0 Å². The maximum absolute atomic E-state index is 11.9. The van der Waals surface area contributed by atoms with E-state index in [1.54, 1.807) is 0 Å². The highest BCUT2D eigenvalue weighted by atomic mass is 35.5. The van der Waals surface area contributed by atoms with Gasteiger partial charge in [0.05, 0.1) is 9.88 Å². The van der Waals surface area contributed by atoms with Crippen molar-refractivity contribution in [2.24, 2.45) is 0 Å². The fourth-order valence-electron chi connectivity index (χ4n) is 1.37. The van der Waals surface area contributed by atoms with Crippen LogP contribution in [0.4, 0.5) is 0 Å². The molecule has 0 aliphatic rings. The first-order valence-electron chi connectivity index (χ1n) is 4.98. The number of nitrogens with one attached hydrogen (secondary N) is 1. The fourth-order valence-corrected chi connectivity index (χ4v) is 2.45. The number of likely N-dealkylation sites (N-methyl/N-ethyl adjacent to an activating group) is 1. The Hall–Kier alpha value is -0.380. The zero-order chi connectivity index (χ0) is 11.5. The SMILES string of the molecule is CCNC(C)(C)C(=O)Cc1ccc(Cl)s1. The van der Waals surface area contributed by atoms with Crippen LogP contribution in [-0.4, -0.2) is 17.9 Å². The Morgan fingerprint density at radius 2 is 2.20 bits per heavy atom. The molecule has 1 aromatic rings. The molecule has 0 amide bonds. The quantitative estimate of drug-likeness (QED) is 0.864. The average Bonchev–Trinajstić information content (AvgIpc) is 2.51. The summed E-state index contributed by atoms with van der Waals surface area (Å²) in [7, 11) is 0. The lowest BCUT2D eigenvalue weighted by molar-refractivity contribution is -0.123. The molecular formula is C11H16ClNOS. The number of thiophene rings is 1. The van der Waals surface area contributed by atoms with Crippen LogP contribution >= 0.6 is 22.9 Å². The van der Waals surface area contributed by atoms with Crippen molar-refractivity contribution < 1.29 is 4.79 Å². The van der Waals surface area contributed by atoms with Crippen molar-refractivity contribution in [2.75, 3.05) is 6.54 Å². The molecule has 1 aromatic heterocycles. The second-order valence-electron chi connectivity index (χ2n) is 3.96. The molecule has 1 heterocycles. The third kappa shape index (κ3) is 3.59. The summed E-state index contributed by atoms with van der Waals surface area (Å²) in [6, 6.07) is 3.74. The van der Waals surface area contributed by atoms with Crippen LogP contribution in [0, 0.1) is 0 Å². The van der Waals surface area contributed by atoms with Gasteiger partial charge in [-0.2, -0.15) is 0 Å². The molecule has 0 aromatic carbocycles. The van der Waals surface area contributed by atoms with Gasteiger partial charge in [-0.3, -0.25) is 4.79 Å². The first kappa shape index (κ1) is 12.7. The van der Waals surface area contributed by atoms with E-state index in [1.165, 1.54) is 11.3 Å². The zero-order valence-electron chi connectivity index (χ0n) is 9.26. The van der Waals surface area contributed by atoms with Gasteiger partial charge in [-0.25, -0.2) is 0 Å². The number of carbonyl (C=O) groups excluding carboxylic acids is 1. The molecule has 4 heteroatoms. The second-order valence-corrected chi connectivity index (χ2v) is 5.76. The van der Waals surface area contributed by atoms with E-state index < -0.39 is 5.54 Å². The Labute approximate surface area is 99.6 Å². The number of hydrogen-bond donors (Lipinski definition) is 1. The van der Waals surface area contributed by atoms with Gasteiger partial charge in [0.1, 0.15) is 0 Å². The summed E-state index contributed by atoms with van der Waals surface area (Å²) in [6.45, 7) is 6.61.